The maximum absolute atomic E-state index is 11.9. The molecule has 2 atom stereocenters. The maximum Gasteiger partial charge on any atom is 0.253 e. The number of carbonyl (C=O) groups excluding carboxylic acids is 3. The van der Waals surface area contributed by atoms with Crippen molar-refractivity contribution in [2.75, 3.05) is 13.1 Å². The first kappa shape index (κ1) is 44.0. The molecule has 0 aromatic carbocycles. The van der Waals surface area contributed by atoms with Gasteiger partial charge in [-0.05, 0) is 30.8 Å². The molecule has 0 radical (unpaired) electrons. The fourth-order valence-corrected chi connectivity index (χ4v) is 8.12. The second-order valence-electron chi connectivity index (χ2n) is 15.6. The zero-order valence-electron chi connectivity index (χ0n) is 32.9. The number of nitrogens with zero attached hydrogens (tertiary/aromatic N) is 2. The van der Waals surface area contributed by atoms with Crippen molar-refractivity contribution in [3.63, 3.8) is 0 Å². The Hall–Kier alpha value is -2.17. The second kappa shape index (κ2) is 29.4. The molecule has 0 aliphatic carbocycles. The monoisotopic (exact) mass is 695 g/mol. The molecular weight excluding hydrogens is 617 g/mol. The van der Waals surface area contributed by atoms with E-state index in [4.69, 9.17) is 0 Å². The molecule has 2 aliphatic rings. The topological polar surface area (TPSA) is 57.7 Å². The number of imide groups is 1. The average Bonchev–Trinajstić information content (AvgIpc) is 3.61. The SMILES string of the molecule is C=C1C=CC(=O)N1CCCCCCCCCC(CCCCCCCC)C(CCCCCCCC)CCCCCCCCCN1C(=O)C=CC1=O. The van der Waals surface area contributed by atoms with Gasteiger partial charge in [0.2, 0.25) is 0 Å². The molecule has 5 heteroatoms. The summed E-state index contributed by atoms with van der Waals surface area (Å²) in [6, 6.07) is 0. The van der Waals surface area contributed by atoms with E-state index in [1.54, 1.807) is 6.08 Å². The number of rotatable bonds is 35. The van der Waals surface area contributed by atoms with Gasteiger partial charge in [0.25, 0.3) is 17.7 Å². The van der Waals surface area contributed by atoms with Crippen LogP contribution in [0.25, 0.3) is 0 Å². The first-order valence-corrected chi connectivity index (χ1v) is 21.7. The van der Waals surface area contributed by atoms with Gasteiger partial charge in [-0.15, -0.1) is 0 Å². The van der Waals surface area contributed by atoms with Gasteiger partial charge in [-0.3, -0.25) is 19.3 Å². The number of hydrogen-bond acceptors (Lipinski definition) is 3. The highest BCUT2D eigenvalue weighted by atomic mass is 16.2. The van der Waals surface area contributed by atoms with Crippen molar-refractivity contribution in [3.8, 4) is 0 Å². The lowest BCUT2D eigenvalue weighted by Gasteiger charge is -2.28. The van der Waals surface area contributed by atoms with Crippen LogP contribution < -0.4 is 0 Å². The van der Waals surface area contributed by atoms with Crippen LogP contribution in [0.2, 0.25) is 0 Å². The van der Waals surface area contributed by atoms with E-state index in [1.807, 2.05) is 11.0 Å². The summed E-state index contributed by atoms with van der Waals surface area (Å²) >= 11 is 0. The molecule has 3 amide bonds. The zero-order chi connectivity index (χ0) is 36.1. The quantitative estimate of drug-likeness (QED) is 0.0490. The smallest absolute Gasteiger partial charge is 0.253 e. The molecule has 2 rings (SSSR count). The summed E-state index contributed by atoms with van der Waals surface area (Å²) in [5, 5.41) is 0. The molecule has 2 heterocycles. The Morgan fingerprint density at radius 2 is 0.680 bits per heavy atom. The third-order valence-electron chi connectivity index (χ3n) is 11.4. The van der Waals surface area contributed by atoms with Crippen LogP contribution in [-0.4, -0.2) is 40.6 Å². The van der Waals surface area contributed by atoms with Crippen molar-refractivity contribution >= 4 is 17.7 Å². The van der Waals surface area contributed by atoms with Crippen LogP contribution >= 0.6 is 0 Å². The number of amides is 3. The first-order chi connectivity index (χ1) is 24.5. The van der Waals surface area contributed by atoms with Crippen LogP contribution in [-0.2, 0) is 14.4 Å². The first-order valence-electron chi connectivity index (χ1n) is 21.7. The molecule has 0 bridgehead atoms. The lowest BCUT2D eigenvalue weighted by molar-refractivity contribution is -0.136. The third kappa shape index (κ3) is 20.0. The normalized spacial score (nSPS) is 15.7. The lowest BCUT2D eigenvalue weighted by atomic mass is 9.78. The van der Waals surface area contributed by atoms with E-state index in [0.717, 1.165) is 43.3 Å². The standard InChI is InChI=1S/C45H78N2O3/c1-4-6-8-10-18-24-30-41(32-26-20-14-12-16-22-28-38-46-40(3)34-35-43(46)48)42(31-25-19-11-9-7-5-2)33-27-21-15-13-17-23-29-39-47-44(49)36-37-45(47)50/h34-37,41-42H,3-33,38-39H2,1-2H3. The minimum absolute atomic E-state index is 0.0955. The fraction of sp³-hybridized carbons (Fsp3) is 0.800. The Bertz CT molecular complexity index is 871. The van der Waals surface area contributed by atoms with Gasteiger partial charge in [0, 0.05) is 37.0 Å². The van der Waals surface area contributed by atoms with Crippen molar-refractivity contribution in [1.82, 2.24) is 9.80 Å². The molecule has 0 saturated carbocycles. The Balaban J connectivity index is 1.73. The van der Waals surface area contributed by atoms with Gasteiger partial charge in [0.15, 0.2) is 0 Å². The van der Waals surface area contributed by atoms with Gasteiger partial charge in [0.1, 0.15) is 0 Å². The number of hydrogen-bond donors (Lipinski definition) is 0. The van der Waals surface area contributed by atoms with E-state index in [1.165, 1.54) is 190 Å². The minimum Gasteiger partial charge on any atom is -0.309 e. The number of carbonyl (C=O) groups is 3. The number of unbranched alkanes of at least 4 members (excludes halogenated alkanes) is 22. The number of allylic oxidation sites excluding steroid dienone is 1. The molecule has 0 spiro atoms. The van der Waals surface area contributed by atoms with Gasteiger partial charge in [0.05, 0.1) is 0 Å². The van der Waals surface area contributed by atoms with E-state index in [0.29, 0.717) is 6.54 Å². The second-order valence-corrected chi connectivity index (χ2v) is 15.6. The summed E-state index contributed by atoms with van der Waals surface area (Å²) in [7, 11) is 0. The van der Waals surface area contributed by atoms with Crippen molar-refractivity contribution < 1.29 is 14.4 Å². The molecule has 0 saturated heterocycles. The molecule has 0 N–H and O–H groups in total. The Kier molecular flexibility index (Phi) is 25.9. The van der Waals surface area contributed by atoms with Gasteiger partial charge in [-0.2, -0.15) is 0 Å². The van der Waals surface area contributed by atoms with Crippen LogP contribution in [0.15, 0.2) is 36.6 Å². The van der Waals surface area contributed by atoms with Crippen LogP contribution in [0.1, 0.15) is 206 Å². The molecule has 0 aromatic rings. The van der Waals surface area contributed by atoms with Crippen molar-refractivity contribution in [1.29, 1.82) is 0 Å². The summed E-state index contributed by atoms with van der Waals surface area (Å²) < 4.78 is 0. The lowest BCUT2D eigenvalue weighted by Crippen LogP contribution is -2.30. The average molecular weight is 695 g/mol. The summed E-state index contributed by atoms with van der Waals surface area (Å²) in [5.74, 6) is 1.61. The molecule has 286 valence electrons. The van der Waals surface area contributed by atoms with Crippen LogP contribution in [0.4, 0.5) is 0 Å². The highest BCUT2D eigenvalue weighted by Crippen LogP contribution is 2.34. The molecule has 0 aromatic heterocycles. The highest BCUT2D eigenvalue weighted by Gasteiger charge is 2.23. The van der Waals surface area contributed by atoms with Crippen molar-refractivity contribution in [2.24, 2.45) is 11.8 Å². The van der Waals surface area contributed by atoms with Crippen LogP contribution in [0.5, 0.6) is 0 Å². The van der Waals surface area contributed by atoms with Gasteiger partial charge in [-0.1, -0.05) is 200 Å². The van der Waals surface area contributed by atoms with Gasteiger partial charge in [-0.25, -0.2) is 0 Å². The Morgan fingerprint density at radius 1 is 0.400 bits per heavy atom. The molecule has 2 aliphatic heterocycles. The van der Waals surface area contributed by atoms with Gasteiger partial charge < -0.3 is 4.90 Å². The van der Waals surface area contributed by atoms with Crippen molar-refractivity contribution in [3.05, 3.63) is 36.6 Å². The summed E-state index contributed by atoms with van der Waals surface area (Å²) in [5.41, 5.74) is 0.845. The van der Waals surface area contributed by atoms with Crippen LogP contribution in [0.3, 0.4) is 0 Å². The molecule has 5 nitrogen and oxygen atoms in total. The van der Waals surface area contributed by atoms with E-state index in [2.05, 4.69) is 20.4 Å². The fourth-order valence-electron chi connectivity index (χ4n) is 8.12. The Labute approximate surface area is 309 Å². The summed E-state index contributed by atoms with van der Waals surface area (Å²) in [6.45, 7) is 9.99. The van der Waals surface area contributed by atoms with E-state index < -0.39 is 0 Å². The van der Waals surface area contributed by atoms with Gasteiger partial charge >= 0.3 is 0 Å². The predicted molar refractivity (Wildman–Crippen MR) is 213 cm³/mol. The summed E-state index contributed by atoms with van der Waals surface area (Å²) in [4.78, 5) is 38.6. The zero-order valence-corrected chi connectivity index (χ0v) is 32.9. The maximum atomic E-state index is 11.9. The molecular formula is C45H78N2O3. The van der Waals surface area contributed by atoms with E-state index >= 15 is 0 Å². The van der Waals surface area contributed by atoms with E-state index in [-0.39, 0.29) is 17.7 Å². The molecule has 0 fully saturated rings. The Morgan fingerprint density at radius 3 is 1.02 bits per heavy atom. The largest absolute Gasteiger partial charge is 0.309 e. The highest BCUT2D eigenvalue weighted by molar-refractivity contribution is 6.12. The molecule has 50 heavy (non-hydrogen) atoms. The third-order valence-corrected chi connectivity index (χ3v) is 11.4. The molecule has 2 unspecified atom stereocenters. The van der Waals surface area contributed by atoms with Crippen molar-refractivity contribution in [2.45, 2.75) is 206 Å². The van der Waals surface area contributed by atoms with E-state index in [9.17, 15) is 14.4 Å². The van der Waals surface area contributed by atoms with Crippen LogP contribution in [0, 0.1) is 11.8 Å². The summed E-state index contributed by atoms with van der Waals surface area (Å²) in [6.07, 6.45) is 46.3. The predicted octanol–water partition coefficient (Wildman–Crippen LogP) is 12.8. The minimum atomic E-state index is -0.148.